The summed E-state index contributed by atoms with van der Waals surface area (Å²) in [5.74, 6) is 0.748. The van der Waals surface area contributed by atoms with E-state index in [1.807, 2.05) is 13.8 Å². The summed E-state index contributed by atoms with van der Waals surface area (Å²) in [6, 6.07) is 0. The Morgan fingerprint density at radius 3 is 2.88 bits per heavy atom. The third-order valence-electron chi connectivity index (χ3n) is 2.65. The molecule has 2 rings (SSSR count). The number of hydrogen-bond donors (Lipinski definition) is 2. The molecular weight excluding hydrogens is 222 g/mol. The van der Waals surface area contributed by atoms with Crippen LogP contribution in [0.3, 0.4) is 0 Å². The van der Waals surface area contributed by atoms with E-state index in [0.717, 1.165) is 34.4 Å². The van der Waals surface area contributed by atoms with Crippen LogP contribution in [0.25, 0.3) is 10.2 Å². The number of rotatable bonds is 3. The van der Waals surface area contributed by atoms with Gasteiger partial charge in [0, 0.05) is 11.3 Å². The van der Waals surface area contributed by atoms with Gasteiger partial charge in [-0.1, -0.05) is 6.92 Å². The Bertz CT molecular complexity index is 570. The first-order chi connectivity index (χ1) is 7.67. The Balaban J connectivity index is 2.71. The van der Waals surface area contributed by atoms with E-state index in [1.54, 1.807) is 11.3 Å². The first-order valence-electron chi connectivity index (χ1n) is 5.38. The van der Waals surface area contributed by atoms with Crippen molar-refractivity contribution in [1.82, 2.24) is 9.97 Å². The third kappa shape index (κ3) is 1.76. The molecule has 0 aliphatic heterocycles. The van der Waals surface area contributed by atoms with Gasteiger partial charge in [-0.15, -0.1) is 11.3 Å². The first-order valence-corrected chi connectivity index (χ1v) is 6.20. The fourth-order valence-corrected chi connectivity index (χ4v) is 2.98. The Kier molecular flexibility index (Phi) is 3.07. The second-order valence-electron chi connectivity index (χ2n) is 3.74. The molecular formula is C11H15N3OS. The van der Waals surface area contributed by atoms with Crippen LogP contribution in [-0.4, -0.2) is 16.5 Å². The van der Waals surface area contributed by atoms with Crippen molar-refractivity contribution < 1.29 is 0 Å². The lowest BCUT2D eigenvalue weighted by Crippen LogP contribution is -2.11. The predicted octanol–water partition coefficient (Wildman–Crippen LogP) is 1.36. The topological polar surface area (TPSA) is 71.8 Å². The fourth-order valence-electron chi connectivity index (χ4n) is 1.77. The highest BCUT2D eigenvalue weighted by Gasteiger charge is 2.12. The molecule has 3 N–H and O–H groups in total. The van der Waals surface area contributed by atoms with Crippen LogP contribution in [0.4, 0.5) is 0 Å². The minimum atomic E-state index is -0.0288. The van der Waals surface area contributed by atoms with E-state index in [9.17, 15) is 4.79 Å². The zero-order valence-electron chi connectivity index (χ0n) is 9.46. The molecule has 0 unspecified atom stereocenters. The molecule has 0 aliphatic rings. The third-order valence-corrected chi connectivity index (χ3v) is 3.90. The minimum absolute atomic E-state index is 0.0288. The number of fused-ring (bicyclic) bond motifs is 1. The first kappa shape index (κ1) is 11.3. The number of H-pyrrole nitrogens is 1. The van der Waals surface area contributed by atoms with Gasteiger partial charge in [-0.25, -0.2) is 4.98 Å². The van der Waals surface area contributed by atoms with Crippen LogP contribution in [-0.2, 0) is 12.8 Å². The van der Waals surface area contributed by atoms with Crippen molar-refractivity contribution >= 4 is 21.6 Å². The van der Waals surface area contributed by atoms with E-state index in [4.69, 9.17) is 5.73 Å². The van der Waals surface area contributed by atoms with Crippen molar-refractivity contribution in [2.45, 2.75) is 26.7 Å². The molecule has 0 fully saturated rings. The molecule has 0 saturated heterocycles. The molecule has 0 amide bonds. The average Bonchev–Trinajstić information content (AvgIpc) is 2.56. The van der Waals surface area contributed by atoms with E-state index in [0.29, 0.717) is 6.54 Å². The molecule has 0 atom stereocenters. The minimum Gasteiger partial charge on any atom is -0.330 e. The van der Waals surface area contributed by atoms with Crippen molar-refractivity contribution in [1.29, 1.82) is 0 Å². The summed E-state index contributed by atoms with van der Waals surface area (Å²) in [7, 11) is 0. The van der Waals surface area contributed by atoms with Crippen molar-refractivity contribution in [2.24, 2.45) is 5.73 Å². The number of aromatic amines is 1. The van der Waals surface area contributed by atoms with Crippen LogP contribution >= 0.6 is 11.3 Å². The van der Waals surface area contributed by atoms with Gasteiger partial charge in [-0.05, 0) is 25.5 Å². The number of hydrogen-bond acceptors (Lipinski definition) is 4. The molecule has 86 valence electrons. The van der Waals surface area contributed by atoms with Crippen molar-refractivity contribution in [3.05, 3.63) is 26.6 Å². The van der Waals surface area contributed by atoms with Gasteiger partial charge in [0.25, 0.3) is 5.56 Å². The number of nitrogens with zero attached hydrogens (tertiary/aromatic N) is 1. The summed E-state index contributed by atoms with van der Waals surface area (Å²) in [5.41, 5.74) is 6.55. The molecule has 4 nitrogen and oxygen atoms in total. The molecule has 16 heavy (non-hydrogen) atoms. The van der Waals surface area contributed by atoms with Crippen LogP contribution < -0.4 is 11.3 Å². The maximum Gasteiger partial charge on any atom is 0.259 e. The summed E-state index contributed by atoms with van der Waals surface area (Å²) in [4.78, 5) is 21.1. The molecule has 2 aromatic rings. The van der Waals surface area contributed by atoms with Crippen molar-refractivity contribution in [3.8, 4) is 0 Å². The van der Waals surface area contributed by atoms with Crippen LogP contribution in [0, 0.1) is 6.92 Å². The van der Waals surface area contributed by atoms with Crippen LogP contribution in [0.1, 0.15) is 23.2 Å². The van der Waals surface area contributed by atoms with Gasteiger partial charge in [0.2, 0.25) is 0 Å². The highest BCUT2D eigenvalue weighted by Crippen LogP contribution is 2.26. The Morgan fingerprint density at radius 2 is 2.25 bits per heavy atom. The molecule has 0 radical (unpaired) electrons. The summed E-state index contributed by atoms with van der Waals surface area (Å²) >= 11 is 1.58. The largest absolute Gasteiger partial charge is 0.330 e. The molecule has 0 spiro atoms. The molecule has 0 saturated carbocycles. The van der Waals surface area contributed by atoms with E-state index in [1.165, 1.54) is 4.88 Å². The molecule has 0 bridgehead atoms. The van der Waals surface area contributed by atoms with Gasteiger partial charge in [0.1, 0.15) is 10.7 Å². The zero-order valence-corrected chi connectivity index (χ0v) is 10.3. The summed E-state index contributed by atoms with van der Waals surface area (Å²) in [6.45, 7) is 4.55. The van der Waals surface area contributed by atoms with Gasteiger partial charge in [-0.3, -0.25) is 4.79 Å². The lowest BCUT2D eigenvalue weighted by Gasteiger charge is -1.96. The lowest BCUT2D eigenvalue weighted by atomic mass is 10.2. The monoisotopic (exact) mass is 237 g/mol. The summed E-state index contributed by atoms with van der Waals surface area (Å²) in [5, 5.41) is 0.727. The molecule has 2 heterocycles. The van der Waals surface area contributed by atoms with Gasteiger partial charge in [-0.2, -0.15) is 0 Å². The SMILES string of the molecule is CCc1nc2sc(CCN)c(C)c2c(=O)[nH]1. The molecule has 2 aromatic heterocycles. The standard InChI is InChI=1S/C11H15N3OS/c1-3-8-13-10(15)9-6(2)7(4-5-12)16-11(9)14-8/h3-5,12H2,1-2H3,(H,13,14,15). The average molecular weight is 237 g/mol. The number of aromatic nitrogens is 2. The van der Waals surface area contributed by atoms with E-state index < -0.39 is 0 Å². The second kappa shape index (κ2) is 4.35. The van der Waals surface area contributed by atoms with Gasteiger partial charge >= 0.3 is 0 Å². The lowest BCUT2D eigenvalue weighted by molar-refractivity contribution is 0.946. The smallest absolute Gasteiger partial charge is 0.259 e. The van der Waals surface area contributed by atoms with E-state index in [2.05, 4.69) is 9.97 Å². The number of nitrogens with one attached hydrogen (secondary N) is 1. The van der Waals surface area contributed by atoms with E-state index in [-0.39, 0.29) is 5.56 Å². The van der Waals surface area contributed by atoms with Crippen LogP contribution in [0.15, 0.2) is 4.79 Å². The molecule has 5 heteroatoms. The highest BCUT2D eigenvalue weighted by atomic mass is 32.1. The summed E-state index contributed by atoms with van der Waals surface area (Å²) < 4.78 is 0. The van der Waals surface area contributed by atoms with E-state index >= 15 is 0 Å². The zero-order chi connectivity index (χ0) is 11.7. The molecule has 0 aliphatic carbocycles. The quantitative estimate of drug-likeness (QED) is 0.846. The number of nitrogens with two attached hydrogens (primary N) is 1. The predicted molar refractivity (Wildman–Crippen MR) is 67.1 cm³/mol. The van der Waals surface area contributed by atoms with Gasteiger partial charge < -0.3 is 10.7 Å². The second-order valence-corrected chi connectivity index (χ2v) is 4.82. The molecule has 0 aromatic carbocycles. The van der Waals surface area contributed by atoms with Crippen LogP contribution in [0.5, 0.6) is 0 Å². The maximum atomic E-state index is 11.9. The van der Waals surface area contributed by atoms with Crippen molar-refractivity contribution in [3.63, 3.8) is 0 Å². The summed E-state index contributed by atoms with van der Waals surface area (Å²) in [6.07, 6.45) is 1.56. The number of aryl methyl sites for hydroxylation is 2. The Hall–Kier alpha value is -1.20. The Labute approximate surface area is 97.5 Å². The van der Waals surface area contributed by atoms with Gasteiger partial charge in [0.15, 0.2) is 0 Å². The normalized spacial score (nSPS) is 11.2. The van der Waals surface area contributed by atoms with Crippen LogP contribution in [0.2, 0.25) is 0 Å². The van der Waals surface area contributed by atoms with Gasteiger partial charge in [0.05, 0.1) is 5.39 Å². The van der Waals surface area contributed by atoms with Crippen molar-refractivity contribution in [2.75, 3.05) is 6.54 Å². The fraction of sp³-hybridized carbons (Fsp3) is 0.455. The maximum absolute atomic E-state index is 11.9. The number of thiophene rings is 1. The highest BCUT2D eigenvalue weighted by molar-refractivity contribution is 7.18. The Morgan fingerprint density at radius 1 is 1.50 bits per heavy atom.